The fourth-order valence-electron chi connectivity index (χ4n) is 3.02. The van der Waals surface area contributed by atoms with Crippen LogP contribution >= 0.6 is 11.3 Å². The molecule has 124 valence electrons. The molecule has 0 amide bonds. The molecule has 0 radical (unpaired) electrons. The summed E-state index contributed by atoms with van der Waals surface area (Å²) >= 11 is 1.18. The van der Waals surface area contributed by atoms with Gasteiger partial charge in [-0.2, -0.15) is 4.57 Å². The highest BCUT2D eigenvalue weighted by atomic mass is 32.1. The first kappa shape index (κ1) is 15.3. The minimum atomic E-state index is -1.05. The number of carboxylic acids is 2. The second-order valence-corrected chi connectivity index (χ2v) is 6.60. The Morgan fingerprint density at radius 3 is 2.48 bits per heavy atom. The second-order valence-electron chi connectivity index (χ2n) is 5.57. The van der Waals surface area contributed by atoms with Gasteiger partial charge in [-0.05, 0) is 18.2 Å². The highest BCUT2D eigenvalue weighted by molar-refractivity contribution is 7.19. The molecule has 6 nitrogen and oxygen atoms in total. The van der Waals surface area contributed by atoms with Gasteiger partial charge in [0.25, 0.3) is 0 Å². The lowest BCUT2D eigenvalue weighted by atomic mass is 10.2. The Balaban J connectivity index is 1.97. The van der Waals surface area contributed by atoms with Crippen molar-refractivity contribution in [1.29, 1.82) is 0 Å². The Labute approximate surface area is 145 Å². The Bertz CT molecular complexity index is 1050. The zero-order chi connectivity index (χ0) is 17.6. The van der Waals surface area contributed by atoms with Crippen LogP contribution in [0.3, 0.4) is 0 Å². The molecule has 2 aromatic heterocycles. The number of thiazole rings is 1. The van der Waals surface area contributed by atoms with E-state index in [1.54, 1.807) is 15.2 Å². The molecular formula is C18H13N2O4S+. The van der Waals surface area contributed by atoms with Crippen molar-refractivity contribution in [2.45, 2.75) is 6.67 Å². The quantitative estimate of drug-likeness (QED) is 0.553. The molecule has 4 aromatic rings. The van der Waals surface area contributed by atoms with Crippen molar-refractivity contribution in [2.75, 3.05) is 0 Å². The van der Waals surface area contributed by atoms with Crippen LogP contribution in [0.1, 0.15) is 20.3 Å². The topological polar surface area (TPSA) is 83.4 Å². The van der Waals surface area contributed by atoms with Gasteiger partial charge in [0.2, 0.25) is 12.2 Å². The van der Waals surface area contributed by atoms with Gasteiger partial charge < -0.3 is 10.2 Å². The van der Waals surface area contributed by atoms with Gasteiger partial charge in [-0.15, -0.1) is 0 Å². The van der Waals surface area contributed by atoms with Crippen molar-refractivity contribution in [3.63, 3.8) is 0 Å². The largest absolute Gasteiger partial charge is 0.477 e. The van der Waals surface area contributed by atoms with Crippen molar-refractivity contribution in [1.82, 2.24) is 4.57 Å². The lowest BCUT2D eigenvalue weighted by Crippen LogP contribution is -2.42. The Hall–Kier alpha value is -3.19. The summed E-state index contributed by atoms with van der Waals surface area (Å²) in [4.78, 5) is 23.3. The number of rotatable bonds is 4. The first-order chi connectivity index (χ1) is 12.1. The maximum absolute atomic E-state index is 11.7. The SMILES string of the molecule is O=C(O)c1cc2ccccc2n1C[n+]1c(C(=O)O)sc2ccccc21. The number of hydrogen-bond donors (Lipinski definition) is 2. The third-order valence-electron chi connectivity index (χ3n) is 4.10. The summed E-state index contributed by atoms with van der Waals surface area (Å²) < 4.78 is 4.11. The van der Waals surface area contributed by atoms with Crippen LogP contribution in [-0.2, 0) is 6.67 Å². The zero-order valence-electron chi connectivity index (χ0n) is 12.9. The highest BCUT2D eigenvalue weighted by Crippen LogP contribution is 2.23. The normalized spacial score (nSPS) is 11.2. The molecular weight excluding hydrogens is 340 g/mol. The first-order valence-electron chi connectivity index (χ1n) is 7.52. The number of carbonyl (C=O) groups is 2. The third kappa shape index (κ3) is 2.45. The Morgan fingerprint density at radius 2 is 1.72 bits per heavy atom. The highest BCUT2D eigenvalue weighted by Gasteiger charge is 2.28. The van der Waals surface area contributed by atoms with Crippen LogP contribution in [0.4, 0.5) is 0 Å². The van der Waals surface area contributed by atoms with Crippen LogP contribution in [-0.4, -0.2) is 26.7 Å². The van der Waals surface area contributed by atoms with Crippen molar-refractivity contribution >= 4 is 44.4 Å². The van der Waals surface area contributed by atoms with Gasteiger partial charge in [0.1, 0.15) is 10.4 Å². The fourth-order valence-corrected chi connectivity index (χ4v) is 4.01. The number of aromatic carboxylic acids is 2. The molecule has 7 heteroatoms. The minimum absolute atomic E-state index is 0.112. The standard InChI is InChI=1S/C18H12N2O4S/c21-17(22)14-9-11-5-1-2-6-12(11)19(14)10-20-13-7-3-4-8-15(13)25-16(20)18(23)24/h1-9H,10H2,(H-,21,22,23,24)/p+1. The fraction of sp³-hybridized carbons (Fsp3) is 0.0556. The summed E-state index contributed by atoms with van der Waals surface area (Å²) in [7, 11) is 0. The number of carboxylic acid groups (broad SMARTS) is 2. The maximum Gasteiger partial charge on any atom is 0.412 e. The molecule has 25 heavy (non-hydrogen) atoms. The summed E-state index contributed by atoms with van der Waals surface area (Å²) in [5.74, 6) is -2.08. The molecule has 4 rings (SSSR count). The van der Waals surface area contributed by atoms with E-state index in [-0.39, 0.29) is 17.4 Å². The smallest absolute Gasteiger partial charge is 0.412 e. The molecule has 0 unspecified atom stereocenters. The molecule has 2 N–H and O–H groups in total. The van der Waals surface area contributed by atoms with Crippen molar-refractivity contribution in [3.05, 3.63) is 65.3 Å². The third-order valence-corrected chi connectivity index (χ3v) is 5.26. The molecule has 0 saturated carbocycles. The number of fused-ring (bicyclic) bond motifs is 2. The van der Waals surface area contributed by atoms with Crippen LogP contribution in [0.15, 0.2) is 54.6 Å². The van der Waals surface area contributed by atoms with E-state index in [0.717, 1.165) is 21.1 Å². The number of aromatic nitrogens is 2. The number of benzene rings is 2. The van der Waals surface area contributed by atoms with E-state index >= 15 is 0 Å². The maximum atomic E-state index is 11.7. The van der Waals surface area contributed by atoms with Gasteiger partial charge in [0.05, 0.1) is 5.52 Å². The van der Waals surface area contributed by atoms with E-state index in [2.05, 4.69) is 0 Å². The van der Waals surface area contributed by atoms with Gasteiger partial charge in [-0.25, -0.2) is 9.59 Å². The number of hydrogen-bond acceptors (Lipinski definition) is 3. The lowest BCUT2D eigenvalue weighted by Gasteiger charge is -2.05. The Kier molecular flexibility index (Phi) is 3.51. The molecule has 0 spiro atoms. The zero-order valence-corrected chi connectivity index (χ0v) is 13.7. The van der Waals surface area contributed by atoms with Crippen molar-refractivity contribution in [2.24, 2.45) is 0 Å². The molecule has 0 saturated heterocycles. The second kappa shape index (κ2) is 5.71. The molecule has 0 fully saturated rings. The van der Waals surface area contributed by atoms with Crippen molar-refractivity contribution < 1.29 is 24.4 Å². The molecule has 2 aromatic carbocycles. The summed E-state index contributed by atoms with van der Waals surface area (Å²) in [5.41, 5.74) is 1.64. The summed E-state index contributed by atoms with van der Waals surface area (Å²) in [5, 5.41) is 20.1. The summed E-state index contributed by atoms with van der Waals surface area (Å²) in [6.07, 6.45) is 0. The first-order valence-corrected chi connectivity index (χ1v) is 8.34. The van der Waals surface area contributed by atoms with Crippen LogP contribution in [0, 0.1) is 0 Å². The van der Waals surface area contributed by atoms with Crippen LogP contribution < -0.4 is 4.57 Å². The molecule has 0 atom stereocenters. The monoisotopic (exact) mass is 353 g/mol. The van der Waals surface area contributed by atoms with E-state index in [9.17, 15) is 19.8 Å². The summed E-state index contributed by atoms with van der Waals surface area (Å²) in [6, 6.07) is 16.3. The average molecular weight is 353 g/mol. The molecule has 2 heterocycles. The van der Waals surface area contributed by atoms with E-state index in [4.69, 9.17) is 0 Å². The minimum Gasteiger partial charge on any atom is -0.477 e. The van der Waals surface area contributed by atoms with Gasteiger partial charge in [0, 0.05) is 11.5 Å². The molecule has 0 aliphatic heterocycles. The number of para-hydroxylation sites is 2. The van der Waals surface area contributed by atoms with Gasteiger partial charge in [0.15, 0.2) is 0 Å². The van der Waals surface area contributed by atoms with Crippen LogP contribution in [0.2, 0.25) is 0 Å². The van der Waals surface area contributed by atoms with E-state index < -0.39 is 11.9 Å². The van der Waals surface area contributed by atoms with Gasteiger partial charge in [-0.3, -0.25) is 4.57 Å². The summed E-state index contributed by atoms with van der Waals surface area (Å²) in [6.45, 7) is 0.112. The predicted molar refractivity (Wildman–Crippen MR) is 93.3 cm³/mol. The van der Waals surface area contributed by atoms with Crippen LogP contribution in [0.25, 0.3) is 21.1 Å². The number of nitrogens with zero attached hydrogens (tertiary/aromatic N) is 2. The van der Waals surface area contributed by atoms with E-state index in [1.165, 1.54) is 11.3 Å². The molecule has 0 aliphatic rings. The predicted octanol–water partition coefficient (Wildman–Crippen LogP) is 3.05. The van der Waals surface area contributed by atoms with E-state index in [0.29, 0.717) is 0 Å². The molecule has 0 aliphatic carbocycles. The Morgan fingerprint density at radius 1 is 1.00 bits per heavy atom. The lowest BCUT2D eigenvalue weighted by molar-refractivity contribution is -0.673. The van der Waals surface area contributed by atoms with Gasteiger partial charge >= 0.3 is 16.9 Å². The average Bonchev–Trinajstić information content (AvgIpc) is 3.15. The van der Waals surface area contributed by atoms with Crippen molar-refractivity contribution in [3.8, 4) is 0 Å². The van der Waals surface area contributed by atoms with Gasteiger partial charge in [-0.1, -0.05) is 41.7 Å². The van der Waals surface area contributed by atoms with Crippen LogP contribution in [0.5, 0.6) is 0 Å². The molecule has 0 bridgehead atoms. The van der Waals surface area contributed by atoms with E-state index in [1.807, 2.05) is 48.5 Å².